The second-order valence-corrected chi connectivity index (χ2v) is 3.60. The van der Waals surface area contributed by atoms with Crippen LogP contribution >= 0.6 is 11.6 Å². The molecule has 1 saturated heterocycles. The fourth-order valence-corrected chi connectivity index (χ4v) is 1.92. The number of rotatable bonds is 2. The Labute approximate surface area is 82.5 Å². The fraction of sp³-hybridized carbons (Fsp3) is 0.667. The molecule has 1 aromatic heterocycles. The zero-order valence-corrected chi connectivity index (χ0v) is 8.40. The second kappa shape index (κ2) is 3.68. The number of ether oxygens (including phenoxy) is 1. The number of aromatic nitrogens is 2. The molecule has 0 bridgehead atoms. The molecule has 1 N–H and O–H groups in total. The summed E-state index contributed by atoms with van der Waals surface area (Å²) in [6.07, 6.45) is 3.28. The highest BCUT2D eigenvalue weighted by atomic mass is 35.5. The third-order valence-corrected chi connectivity index (χ3v) is 2.55. The van der Waals surface area contributed by atoms with Crippen molar-refractivity contribution in [3.05, 3.63) is 16.7 Å². The molecule has 0 radical (unpaired) electrons. The van der Waals surface area contributed by atoms with Crippen molar-refractivity contribution in [2.24, 2.45) is 0 Å². The number of aryl methyl sites for hydroxylation is 1. The molecule has 1 fully saturated rings. The minimum atomic E-state index is 0.165. The Hall–Kier alpha value is -0.540. The van der Waals surface area contributed by atoms with E-state index in [0.29, 0.717) is 5.28 Å². The molecule has 4 heteroatoms. The molecule has 1 aliphatic rings. The SMILES string of the molecule is CCc1[nH]c(Cl)nc1C1CCCO1. The summed E-state index contributed by atoms with van der Waals surface area (Å²) < 4.78 is 5.55. The Morgan fingerprint density at radius 3 is 3.15 bits per heavy atom. The Bertz CT molecular complexity index is 292. The number of nitrogens with zero attached hydrogens (tertiary/aromatic N) is 1. The van der Waals surface area contributed by atoms with Crippen LogP contribution in [-0.2, 0) is 11.2 Å². The van der Waals surface area contributed by atoms with Crippen molar-refractivity contribution in [3.8, 4) is 0 Å². The molecule has 1 aliphatic heterocycles. The van der Waals surface area contributed by atoms with Crippen LogP contribution in [0.4, 0.5) is 0 Å². The first-order chi connectivity index (χ1) is 6.31. The lowest BCUT2D eigenvalue weighted by molar-refractivity contribution is 0.108. The van der Waals surface area contributed by atoms with Crippen molar-refractivity contribution in [3.63, 3.8) is 0 Å². The van der Waals surface area contributed by atoms with Gasteiger partial charge in [0.2, 0.25) is 5.28 Å². The molecular formula is C9H13ClN2O. The minimum Gasteiger partial charge on any atom is -0.372 e. The summed E-state index contributed by atoms with van der Waals surface area (Å²) in [6, 6.07) is 0. The molecule has 0 amide bonds. The Morgan fingerprint density at radius 2 is 2.54 bits per heavy atom. The van der Waals surface area contributed by atoms with E-state index < -0.39 is 0 Å². The van der Waals surface area contributed by atoms with Crippen molar-refractivity contribution in [1.29, 1.82) is 0 Å². The largest absolute Gasteiger partial charge is 0.372 e. The molecule has 72 valence electrons. The van der Waals surface area contributed by atoms with Crippen LogP contribution in [0.25, 0.3) is 0 Å². The predicted molar refractivity (Wildman–Crippen MR) is 50.9 cm³/mol. The minimum absolute atomic E-state index is 0.165. The van der Waals surface area contributed by atoms with E-state index in [4.69, 9.17) is 16.3 Å². The van der Waals surface area contributed by atoms with Gasteiger partial charge in [0.1, 0.15) is 6.10 Å². The van der Waals surface area contributed by atoms with E-state index in [1.54, 1.807) is 0 Å². The van der Waals surface area contributed by atoms with Crippen LogP contribution in [-0.4, -0.2) is 16.6 Å². The standard InChI is InChI=1S/C9H13ClN2O/c1-2-6-8(12-9(10)11-6)7-4-3-5-13-7/h7H,2-5H2,1H3,(H,11,12). The normalized spacial score (nSPS) is 22.5. The van der Waals surface area contributed by atoms with Crippen LogP contribution < -0.4 is 0 Å². The molecule has 0 aromatic carbocycles. The number of hydrogen-bond donors (Lipinski definition) is 1. The number of imidazole rings is 1. The molecule has 13 heavy (non-hydrogen) atoms. The lowest BCUT2D eigenvalue weighted by atomic mass is 10.1. The zero-order valence-electron chi connectivity index (χ0n) is 7.64. The summed E-state index contributed by atoms with van der Waals surface area (Å²) in [6.45, 7) is 2.93. The number of H-pyrrole nitrogens is 1. The molecule has 0 aliphatic carbocycles. The van der Waals surface area contributed by atoms with Gasteiger partial charge in [-0.1, -0.05) is 6.92 Å². The number of nitrogens with one attached hydrogen (secondary N) is 1. The van der Waals surface area contributed by atoms with E-state index in [9.17, 15) is 0 Å². The molecule has 2 heterocycles. The van der Waals surface area contributed by atoms with Gasteiger partial charge in [-0.25, -0.2) is 4.98 Å². The molecule has 2 rings (SSSR count). The molecule has 1 aromatic rings. The summed E-state index contributed by atoms with van der Waals surface area (Å²) in [5.74, 6) is 0. The summed E-state index contributed by atoms with van der Waals surface area (Å²) >= 11 is 5.80. The maximum absolute atomic E-state index is 5.80. The quantitative estimate of drug-likeness (QED) is 0.797. The van der Waals surface area contributed by atoms with E-state index in [1.165, 1.54) is 0 Å². The van der Waals surface area contributed by atoms with Crippen molar-refractivity contribution >= 4 is 11.6 Å². The van der Waals surface area contributed by atoms with E-state index in [0.717, 1.165) is 37.3 Å². The van der Waals surface area contributed by atoms with E-state index in [1.807, 2.05) is 0 Å². The van der Waals surface area contributed by atoms with Gasteiger partial charge < -0.3 is 9.72 Å². The van der Waals surface area contributed by atoms with Gasteiger partial charge in [0, 0.05) is 12.3 Å². The van der Waals surface area contributed by atoms with Gasteiger partial charge in [-0.05, 0) is 30.9 Å². The summed E-state index contributed by atoms with van der Waals surface area (Å²) in [4.78, 5) is 7.29. The predicted octanol–water partition coefficient (Wildman–Crippen LogP) is 2.48. The highest BCUT2D eigenvalue weighted by Gasteiger charge is 2.23. The average Bonchev–Trinajstić information content (AvgIpc) is 2.71. The molecule has 1 unspecified atom stereocenters. The van der Waals surface area contributed by atoms with Gasteiger partial charge in [0.05, 0.1) is 5.69 Å². The summed E-state index contributed by atoms with van der Waals surface area (Å²) in [5.41, 5.74) is 2.11. The number of halogens is 1. The monoisotopic (exact) mass is 200 g/mol. The van der Waals surface area contributed by atoms with E-state index in [2.05, 4.69) is 16.9 Å². The molecule has 1 atom stereocenters. The molecular weight excluding hydrogens is 188 g/mol. The van der Waals surface area contributed by atoms with E-state index >= 15 is 0 Å². The zero-order chi connectivity index (χ0) is 9.26. The van der Waals surface area contributed by atoms with Crippen molar-refractivity contribution in [2.75, 3.05) is 6.61 Å². The summed E-state index contributed by atoms with van der Waals surface area (Å²) in [5, 5.41) is 0.474. The van der Waals surface area contributed by atoms with Crippen LogP contribution in [0, 0.1) is 0 Å². The second-order valence-electron chi connectivity index (χ2n) is 3.25. The highest BCUT2D eigenvalue weighted by molar-refractivity contribution is 6.28. The summed E-state index contributed by atoms with van der Waals surface area (Å²) in [7, 11) is 0. The highest BCUT2D eigenvalue weighted by Crippen LogP contribution is 2.30. The molecule has 0 spiro atoms. The van der Waals surface area contributed by atoms with Crippen molar-refractivity contribution in [2.45, 2.75) is 32.3 Å². The Balaban J connectivity index is 2.26. The Kier molecular flexibility index (Phi) is 2.56. The first-order valence-corrected chi connectivity index (χ1v) is 5.05. The van der Waals surface area contributed by atoms with E-state index in [-0.39, 0.29) is 6.10 Å². The van der Waals surface area contributed by atoms with Gasteiger partial charge in [-0.2, -0.15) is 0 Å². The first-order valence-electron chi connectivity index (χ1n) is 4.67. The van der Waals surface area contributed by atoms with Crippen LogP contribution in [0.1, 0.15) is 37.3 Å². The lowest BCUT2D eigenvalue weighted by Gasteiger charge is -2.07. The topological polar surface area (TPSA) is 37.9 Å². The van der Waals surface area contributed by atoms with Crippen molar-refractivity contribution < 1.29 is 4.74 Å². The lowest BCUT2D eigenvalue weighted by Crippen LogP contribution is -2.00. The van der Waals surface area contributed by atoms with Crippen LogP contribution in [0.5, 0.6) is 0 Å². The maximum Gasteiger partial charge on any atom is 0.200 e. The fourth-order valence-electron chi connectivity index (χ4n) is 1.72. The van der Waals surface area contributed by atoms with Gasteiger partial charge in [0.25, 0.3) is 0 Å². The smallest absolute Gasteiger partial charge is 0.200 e. The van der Waals surface area contributed by atoms with Crippen molar-refractivity contribution in [1.82, 2.24) is 9.97 Å². The van der Waals surface area contributed by atoms with Gasteiger partial charge in [0.15, 0.2) is 0 Å². The van der Waals surface area contributed by atoms with Gasteiger partial charge >= 0.3 is 0 Å². The van der Waals surface area contributed by atoms with Gasteiger partial charge in [-0.15, -0.1) is 0 Å². The first kappa shape index (κ1) is 9.03. The maximum atomic E-state index is 5.80. The van der Waals surface area contributed by atoms with Gasteiger partial charge in [-0.3, -0.25) is 0 Å². The van der Waals surface area contributed by atoms with Crippen LogP contribution in [0.15, 0.2) is 0 Å². The number of hydrogen-bond acceptors (Lipinski definition) is 2. The van der Waals surface area contributed by atoms with Crippen LogP contribution in [0.3, 0.4) is 0 Å². The van der Waals surface area contributed by atoms with Crippen LogP contribution in [0.2, 0.25) is 5.28 Å². The Morgan fingerprint density at radius 1 is 1.69 bits per heavy atom. The molecule has 3 nitrogen and oxygen atoms in total. The third kappa shape index (κ3) is 1.71. The third-order valence-electron chi connectivity index (χ3n) is 2.37. The molecule has 0 saturated carbocycles. The average molecular weight is 201 g/mol. The number of aromatic amines is 1.